The lowest BCUT2D eigenvalue weighted by molar-refractivity contribution is -0.136. The molecule has 8 heteroatoms. The first-order valence-electron chi connectivity index (χ1n) is 8.94. The largest absolute Gasteiger partial charge is 0.380 e. The molecule has 0 radical (unpaired) electrons. The number of hydrogen-bond donors (Lipinski definition) is 2. The third-order valence-corrected chi connectivity index (χ3v) is 4.49. The van der Waals surface area contributed by atoms with E-state index in [1.54, 1.807) is 18.2 Å². The molecule has 1 atom stereocenters. The zero-order chi connectivity index (χ0) is 19.8. The van der Waals surface area contributed by atoms with Gasteiger partial charge in [0.15, 0.2) is 6.29 Å². The number of carbonyl (C=O) groups excluding carboxylic acids is 4. The van der Waals surface area contributed by atoms with Gasteiger partial charge in [0.05, 0.1) is 12.2 Å². The second kappa shape index (κ2) is 9.94. The van der Waals surface area contributed by atoms with Crippen molar-refractivity contribution in [1.29, 1.82) is 0 Å². The quantitative estimate of drug-likeness (QED) is 0.364. The number of likely N-dealkylation sites (N-methyl/N-ethyl adjacent to an activating group) is 1. The lowest BCUT2D eigenvalue weighted by atomic mass is 9.99. The lowest BCUT2D eigenvalue weighted by Crippen LogP contribution is -2.53. The summed E-state index contributed by atoms with van der Waals surface area (Å²) in [5, 5.41) is 2.23. The minimum Gasteiger partial charge on any atom is -0.380 e. The second-order valence-corrected chi connectivity index (χ2v) is 6.43. The standard InChI is InChI=1S/C19H25N3O5/c1-22(16-6-7-17(24)21-18(16)25)19(26)15-5-4-13(11-14(15)12-23)3-2-9-27-10-8-20/h4-5,11-12,16H,2-3,6-10,20H2,1H3,(H,21,24,25). The topological polar surface area (TPSA) is 119 Å². The molecule has 3 N–H and O–H groups in total. The number of aldehydes is 1. The summed E-state index contributed by atoms with van der Waals surface area (Å²) in [6, 6.07) is 4.35. The van der Waals surface area contributed by atoms with Crippen LogP contribution in [0, 0.1) is 0 Å². The molecular formula is C19H25N3O5. The monoisotopic (exact) mass is 375 g/mol. The first-order chi connectivity index (χ1) is 13.0. The Hall–Kier alpha value is -2.58. The molecule has 0 aliphatic carbocycles. The summed E-state index contributed by atoms with van der Waals surface area (Å²) in [7, 11) is 1.50. The van der Waals surface area contributed by atoms with Crippen LogP contribution in [-0.4, -0.2) is 61.8 Å². The average molecular weight is 375 g/mol. The van der Waals surface area contributed by atoms with Gasteiger partial charge in [-0.25, -0.2) is 0 Å². The molecule has 146 valence electrons. The van der Waals surface area contributed by atoms with E-state index in [1.165, 1.54) is 11.9 Å². The highest BCUT2D eigenvalue weighted by atomic mass is 16.5. The van der Waals surface area contributed by atoms with E-state index in [2.05, 4.69) is 5.32 Å². The molecule has 1 aliphatic rings. The van der Waals surface area contributed by atoms with Gasteiger partial charge in [-0.15, -0.1) is 0 Å². The van der Waals surface area contributed by atoms with E-state index in [0.29, 0.717) is 32.5 Å². The van der Waals surface area contributed by atoms with Crippen molar-refractivity contribution in [3.8, 4) is 0 Å². The molecule has 1 aromatic rings. The van der Waals surface area contributed by atoms with Gasteiger partial charge in [0.2, 0.25) is 11.8 Å². The van der Waals surface area contributed by atoms with Crippen LogP contribution in [0.5, 0.6) is 0 Å². The normalized spacial score (nSPS) is 16.7. The van der Waals surface area contributed by atoms with Crippen molar-refractivity contribution >= 4 is 24.0 Å². The summed E-state index contributed by atoms with van der Waals surface area (Å²) in [5.41, 5.74) is 6.80. The molecule has 3 amide bonds. The zero-order valence-corrected chi connectivity index (χ0v) is 15.4. The van der Waals surface area contributed by atoms with Gasteiger partial charge in [-0.05, 0) is 37.0 Å². The summed E-state index contributed by atoms with van der Waals surface area (Å²) < 4.78 is 5.32. The number of carbonyl (C=O) groups is 4. The van der Waals surface area contributed by atoms with Gasteiger partial charge in [-0.2, -0.15) is 0 Å². The smallest absolute Gasteiger partial charge is 0.255 e. The summed E-state index contributed by atoms with van der Waals surface area (Å²) in [4.78, 5) is 48.8. The van der Waals surface area contributed by atoms with Crippen molar-refractivity contribution in [2.45, 2.75) is 31.7 Å². The minimum atomic E-state index is -0.728. The van der Waals surface area contributed by atoms with Crippen molar-refractivity contribution < 1.29 is 23.9 Å². The van der Waals surface area contributed by atoms with Gasteiger partial charge >= 0.3 is 0 Å². The first-order valence-corrected chi connectivity index (χ1v) is 8.94. The predicted octanol–water partition coefficient (Wildman–Crippen LogP) is 0.284. The molecule has 8 nitrogen and oxygen atoms in total. The van der Waals surface area contributed by atoms with Crippen LogP contribution in [0.4, 0.5) is 0 Å². The highest BCUT2D eigenvalue weighted by Gasteiger charge is 2.33. The van der Waals surface area contributed by atoms with Crippen LogP contribution in [0.25, 0.3) is 0 Å². The maximum absolute atomic E-state index is 12.8. The van der Waals surface area contributed by atoms with Crippen molar-refractivity contribution in [3.05, 3.63) is 34.9 Å². The van der Waals surface area contributed by atoms with Gasteiger partial charge in [-0.1, -0.05) is 6.07 Å². The molecular weight excluding hydrogens is 350 g/mol. The number of ether oxygens (including phenoxy) is 1. The van der Waals surface area contributed by atoms with Crippen molar-refractivity contribution in [3.63, 3.8) is 0 Å². The van der Waals surface area contributed by atoms with Gasteiger partial charge in [0.1, 0.15) is 6.04 Å². The Kier molecular flexibility index (Phi) is 7.63. The average Bonchev–Trinajstić information content (AvgIpc) is 2.66. The number of imide groups is 1. The van der Waals surface area contributed by atoms with Crippen LogP contribution in [-0.2, 0) is 20.7 Å². The van der Waals surface area contributed by atoms with E-state index in [9.17, 15) is 19.2 Å². The third-order valence-electron chi connectivity index (χ3n) is 4.49. The van der Waals surface area contributed by atoms with Gasteiger partial charge in [0.25, 0.3) is 5.91 Å². The molecule has 0 bridgehead atoms. The molecule has 1 aliphatic heterocycles. The van der Waals surface area contributed by atoms with Gasteiger partial charge in [0, 0.05) is 32.2 Å². The minimum absolute atomic E-state index is 0.180. The van der Waals surface area contributed by atoms with E-state index in [0.717, 1.165) is 12.0 Å². The fourth-order valence-electron chi connectivity index (χ4n) is 3.01. The Morgan fingerprint density at radius 3 is 2.81 bits per heavy atom. The fourth-order valence-corrected chi connectivity index (χ4v) is 3.01. The molecule has 1 saturated heterocycles. The third kappa shape index (κ3) is 5.45. The number of benzene rings is 1. The molecule has 1 fully saturated rings. The summed E-state index contributed by atoms with van der Waals surface area (Å²) in [6.07, 6.45) is 2.58. The van der Waals surface area contributed by atoms with E-state index < -0.39 is 17.9 Å². The Morgan fingerprint density at radius 2 is 2.15 bits per heavy atom. The highest BCUT2D eigenvalue weighted by molar-refractivity contribution is 6.06. The van der Waals surface area contributed by atoms with Crippen LogP contribution in [0.15, 0.2) is 18.2 Å². The molecule has 0 aromatic heterocycles. The van der Waals surface area contributed by atoms with E-state index in [4.69, 9.17) is 10.5 Å². The highest BCUT2D eigenvalue weighted by Crippen LogP contribution is 2.18. The van der Waals surface area contributed by atoms with Crippen molar-refractivity contribution in [1.82, 2.24) is 10.2 Å². The van der Waals surface area contributed by atoms with Crippen molar-refractivity contribution in [2.24, 2.45) is 5.73 Å². The Labute approximate surface area is 158 Å². The number of nitrogens with one attached hydrogen (secondary N) is 1. The predicted molar refractivity (Wildman–Crippen MR) is 98.3 cm³/mol. The number of amides is 3. The van der Waals surface area contributed by atoms with Crippen LogP contribution < -0.4 is 11.1 Å². The van der Waals surface area contributed by atoms with Crippen LogP contribution in [0.3, 0.4) is 0 Å². The van der Waals surface area contributed by atoms with Gasteiger partial charge in [-0.3, -0.25) is 24.5 Å². The second-order valence-electron chi connectivity index (χ2n) is 6.43. The van der Waals surface area contributed by atoms with Crippen LogP contribution >= 0.6 is 0 Å². The number of piperidine rings is 1. The molecule has 1 unspecified atom stereocenters. The number of nitrogens with two attached hydrogens (primary N) is 1. The molecule has 1 aromatic carbocycles. The molecule has 1 heterocycles. The summed E-state index contributed by atoms with van der Waals surface area (Å²) >= 11 is 0. The lowest BCUT2D eigenvalue weighted by Gasteiger charge is -2.30. The summed E-state index contributed by atoms with van der Waals surface area (Å²) in [5.74, 6) is -1.27. The van der Waals surface area contributed by atoms with E-state index in [1.807, 2.05) is 0 Å². The zero-order valence-electron chi connectivity index (χ0n) is 15.4. The van der Waals surface area contributed by atoms with E-state index in [-0.39, 0.29) is 29.9 Å². The SMILES string of the molecule is CN(C(=O)c1ccc(CCCOCCN)cc1C=O)C1CCC(=O)NC1=O. The van der Waals surface area contributed by atoms with Crippen molar-refractivity contribution in [2.75, 3.05) is 26.8 Å². The van der Waals surface area contributed by atoms with Gasteiger partial charge < -0.3 is 15.4 Å². The molecule has 27 heavy (non-hydrogen) atoms. The molecule has 0 spiro atoms. The Morgan fingerprint density at radius 1 is 1.37 bits per heavy atom. The summed E-state index contributed by atoms with van der Waals surface area (Å²) in [6.45, 7) is 1.57. The fraction of sp³-hybridized carbons (Fsp3) is 0.474. The Balaban J connectivity index is 2.05. The number of nitrogens with zero attached hydrogens (tertiary/aromatic N) is 1. The molecule has 2 rings (SSSR count). The number of aryl methyl sites for hydroxylation is 1. The number of hydrogen-bond acceptors (Lipinski definition) is 6. The van der Waals surface area contributed by atoms with Crippen LogP contribution in [0.2, 0.25) is 0 Å². The molecule has 0 saturated carbocycles. The first kappa shape index (κ1) is 20.7. The maximum Gasteiger partial charge on any atom is 0.255 e. The Bertz CT molecular complexity index is 719. The van der Waals surface area contributed by atoms with E-state index >= 15 is 0 Å². The van der Waals surface area contributed by atoms with Crippen LogP contribution in [0.1, 0.15) is 45.5 Å². The maximum atomic E-state index is 12.8. The number of rotatable bonds is 9.